The summed E-state index contributed by atoms with van der Waals surface area (Å²) in [6.45, 7) is 7.69. The zero-order chi connectivity index (χ0) is 20.8. The van der Waals surface area contributed by atoms with Gasteiger partial charge in [0.15, 0.2) is 0 Å². The summed E-state index contributed by atoms with van der Waals surface area (Å²) in [5.74, 6) is 0.283. The van der Waals surface area contributed by atoms with E-state index in [0.29, 0.717) is 11.3 Å². The largest absolute Gasteiger partial charge is 0.350 e. The minimum atomic E-state index is -0.371. The second-order valence-corrected chi connectivity index (χ2v) is 6.88. The number of nitrogens with zero attached hydrogens (tertiary/aromatic N) is 3. The van der Waals surface area contributed by atoms with Crippen LogP contribution in [-0.2, 0) is 11.3 Å². The molecule has 0 saturated carbocycles. The Hall–Kier alpha value is -2.99. The third kappa shape index (κ3) is 4.71. The maximum absolute atomic E-state index is 14.6. The molecule has 0 radical (unpaired) electrons. The van der Waals surface area contributed by atoms with Gasteiger partial charge in [-0.15, -0.1) is 0 Å². The summed E-state index contributed by atoms with van der Waals surface area (Å²) in [6.07, 6.45) is 3.36. The molecule has 5 nitrogen and oxygen atoms in total. The van der Waals surface area contributed by atoms with Crippen LogP contribution in [-0.4, -0.2) is 33.4 Å². The predicted octanol–water partition coefficient (Wildman–Crippen LogP) is 4.02. The lowest BCUT2D eigenvalue weighted by atomic mass is 10.0. The van der Waals surface area contributed by atoms with Gasteiger partial charge in [0.25, 0.3) is 0 Å². The van der Waals surface area contributed by atoms with Gasteiger partial charge >= 0.3 is 0 Å². The number of benzene rings is 2. The summed E-state index contributed by atoms with van der Waals surface area (Å²) in [5.41, 5.74) is 2.11. The van der Waals surface area contributed by atoms with Crippen LogP contribution in [0.4, 0.5) is 4.39 Å². The van der Waals surface area contributed by atoms with E-state index >= 15 is 0 Å². The molecule has 1 aromatic heterocycles. The SMILES string of the molecule is CCN(CC)C(C(=O)NCc1ccc(-n2ccnc2C)c(F)c1)c1ccccc1. The molecule has 1 N–H and O–H groups in total. The number of aryl methyl sites for hydroxylation is 1. The van der Waals surface area contributed by atoms with Gasteiger partial charge in [-0.1, -0.05) is 50.2 Å². The molecule has 0 saturated heterocycles. The van der Waals surface area contributed by atoms with E-state index in [0.717, 1.165) is 24.5 Å². The number of hydrogen-bond acceptors (Lipinski definition) is 3. The van der Waals surface area contributed by atoms with Crippen molar-refractivity contribution in [2.75, 3.05) is 13.1 Å². The quantitative estimate of drug-likeness (QED) is 0.628. The molecule has 3 aromatic rings. The molecule has 0 aliphatic heterocycles. The van der Waals surface area contributed by atoms with Crippen LogP contribution in [0.2, 0.25) is 0 Å². The monoisotopic (exact) mass is 394 g/mol. The summed E-state index contributed by atoms with van der Waals surface area (Å²) >= 11 is 0. The average Bonchev–Trinajstić information content (AvgIpc) is 3.16. The van der Waals surface area contributed by atoms with Crippen LogP contribution in [0.25, 0.3) is 5.69 Å². The fourth-order valence-corrected chi connectivity index (χ4v) is 3.53. The van der Waals surface area contributed by atoms with E-state index in [1.807, 2.05) is 57.2 Å². The van der Waals surface area contributed by atoms with Gasteiger partial charge in [0.2, 0.25) is 5.91 Å². The first-order valence-electron chi connectivity index (χ1n) is 9.90. The van der Waals surface area contributed by atoms with E-state index in [-0.39, 0.29) is 24.3 Å². The smallest absolute Gasteiger partial charge is 0.242 e. The lowest BCUT2D eigenvalue weighted by Crippen LogP contribution is -2.40. The maximum atomic E-state index is 14.6. The number of imidazole rings is 1. The first kappa shape index (κ1) is 20.7. The highest BCUT2D eigenvalue weighted by molar-refractivity contribution is 5.83. The Morgan fingerprint density at radius 1 is 1.17 bits per heavy atom. The second kappa shape index (κ2) is 9.47. The fourth-order valence-electron chi connectivity index (χ4n) is 3.53. The number of aromatic nitrogens is 2. The van der Waals surface area contributed by atoms with Gasteiger partial charge in [0.1, 0.15) is 17.7 Å². The highest BCUT2D eigenvalue weighted by Crippen LogP contribution is 2.21. The van der Waals surface area contributed by atoms with Crippen molar-refractivity contribution in [1.29, 1.82) is 0 Å². The Morgan fingerprint density at radius 2 is 1.90 bits per heavy atom. The third-order valence-electron chi connectivity index (χ3n) is 5.11. The Kier molecular flexibility index (Phi) is 6.77. The lowest BCUT2D eigenvalue weighted by Gasteiger charge is -2.29. The highest BCUT2D eigenvalue weighted by atomic mass is 19.1. The molecule has 6 heteroatoms. The van der Waals surface area contributed by atoms with Crippen LogP contribution >= 0.6 is 0 Å². The molecule has 29 heavy (non-hydrogen) atoms. The first-order chi connectivity index (χ1) is 14.0. The minimum absolute atomic E-state index is 0.0881. The summed E-state index contributed by atoms with van der Waals surface area (Å²) in [5, 5.41) is 2.97. The molecule has 0 bridgehead atoms. The van der Waals surface area contributed by atoms with Gasteiger partial charge in [-0.05, 0) is 43.3 Å². The number of amides is 1. The molecule has 1 atom stereocenters. The van der Waals surface area contributed by atoms with Crippen molar-refractivity contribution in [3.8, 4) is 5.69 Å². The van der Waals surface area contributed by atoms with Gasteiger partial charge in [0, 0.05) is 18.9 Å². The molecule has 3 rings (SSSR count). The Balaban J connectivity index is 1.74. The first-order valence-corrected chi connectivity index (χ1v) is 9.90. The van der Waals surface area contributed by atoms with Gasteiger partial charge in [0.05, 0.1) is 5.69 Å². The topological polar surface area (TPSA) is 50.2 Å². The third-order valence-corrected chi connectivity index (χ3v) is 5.11. The average molecular weight is 394 g/mol. The van der Waals surface area contributed by atoms with Crippen LogP contribution in [0.15, 0.2) is 60.9 Å². The molecular weight excluding hydrogens is 367 g/mol. The van der Waals surface area contributed by atoms with E-state index in [1.165, 1.54) is 6.07 Å². The van der Waals surface area contributed by atoms with Crippen LogP contribution in [0.1, 0.15) is 36.8 Å². The van der Waals surface area contributed by atoms with E-state index in [4.69, 9.17) is 0 Å². The van der Waals surface area contributed by atoms with Gasteiger partial charge in [-0.3, -0.25) is 9.69 Å². The van der Waals surface area contributed by atoms with Crippen molar-refractivity contribution in [3.05, 3.63) is 83.7 Å². The molecule has 0 aliphatic carbocycles. The summed E-state index contributed by atoms with van der Waals surface area (Å²) in [7, 11) is 0. The summed E-state index contributed by atoms with van der Waals surface area (Å²) in [4.78, 5) is 19.2. The number of nitrogens with one attached hydrogen (secondary N) is 1. The molecule has 2 aromatic carbocycles. The summed E-state index contributed by atoms with van der Waals surface area (Å²) < 4.78 is 16.3. The maximum Gasteiger partial charge on any atom is 0.242 e. The van der Waals surface area contributed by atoms with Crippen molar-refractivity contribution < 1.29 is 9.18 Å². The van der Waals surface area contributed by atoms with Gasteiger partial charge < -0.3 is 9.88 Å². The van der Waals surface area contributed by atoms with Crippen molar-refractivity contribution in [3.63, 3.8) is 0 Å². The normalized spacial score (nSPS) is 12.2. The van der Waals surface area contributed by atoms with E-state index < -0.39 is 0 Å². The number of rotatable bonds is 8. The van der Waals surface area contributed by atoms with Crippen LogP contribution < -0.4 is 5.32 Å². The van der Waals surface area contributed by atoms with Gasteiger partial charge in [-0.2, -0.15) is 0 Å². The molecule has 1 amide bonds. The van der Waals surface area contributed by atoms with Gasteiger partial charge in [-0.25, -0.2) is 9.37 Å². The molecule has 0 aliphatic rings. The Morgan fingerprint density at radius 3 is 2.48 bits per heavy atom. The molecule has 0 spiro atoms. The molecule has 1 heterocycles. The Bertz CT molecular complexity index is 951. The fraction of sp³-hybridized carbons (Fsp3) is 0.304. The summed E-state index contributed by atoms with van der Waals surface area (Å²) in [6, 6.07) is 14.4. The van der Waals surface area contributed by atoms with E-state index in [2.05, 4.69) is 15.2 Å². The standard InChI is InChI=1S/C23H27FN4O/c1-4-27(5-2)22(19-9-7-6-8-10-19)23(29)26-16-18-11-12-21(20(24)15-18)28-14-13-25-17(28)3/h6-15,22H,4-5,16H2,1-3H3,(H,26,29). The van der Waals surface area contributed by atoms with E-state index in [9.17, 15) is 9.18 Å². The van der Waals surface area contributed by atoms with Crippen molar-refractivity contribution in [1.82, 2.24) is 19.8 Å². The number of carbonyl (C=O) groups excluding carboxylic acids is 1. The number of likely N-dealkylation sites (N-methyl/N-ethyl adjacent to an activating group) is 1. The molecule has 1 unspecified atom stereocenters. The Labute approximate surface area is 171 Å². The second-order valence-electron chi connectivity index (χ2n) is 6.88. The zero-order valence-corrected chi connectivity index (χ0v) is 17.1. The minimum Gasteiger partial charge on any atom is -0.350 e. The van der Waals surface area contributed by atoms with Crippen LogP contribution in [0.5, 0.6) is 0 Å². The highest BCUT2D eigenvalue weighted by Gasteiger charge is 2.25. The van der Waals surface area contributed by atoms with Crippen molar-refractivity contribution in [2.24, 2.45) is 0 Å². The lowest BCUT2D eigenvalue weighted by molar-refractivity contribution is -0.126. The van der Waals surface area contributed by atoms with Crippen molar-refractivity contribution in [2.45, 2.75) is 33.4 Å². The zero-order valence-electron chi connectivity index (χ0n) is 17.1. The molecule has 0 fully saturated rings. The predicted molar refractivity (Wildman–Crippen MR) is 112 cm³/mol. The van der Waals surface area contributed by atoms with E-state index in [1.54, 1.807) is 23.0 Å². The number of halogens is 1. The number of carbonyl (C=O) groups is 1. The van der Waals surface area contributed by atoms with Crippen molar-refractivity contribution >= 4 is 5.91 Å². The number of hydrogen-bond donors (Lipinski definition) is 1. The van der Waals surface area contributed by atoms with Crippen LogP contribution in [0, 0.1) is 12.7 Å². The van der Waals surface area contributed by atoms with Crippen LogP contribution in [0.3, 0.4) is 0 Å². The molecule has 152 valence electrons. The molecular formula is C23H27FN4O.